The summed E-state index contributed by atoms with van der Waals surface area (Å²) in [6.07, 6.45) is 6.31. The van der Waals surface area contributed by atoms with E-state index in [1.54, 1.807) is 23.9 Å². The molecule has 0 saturated carbocycles. The zero-order chi connectivity index (χ0) is 27.7. The molecule has 3 rings (SSSR count). The van der Waals surface area contributed by atoms with Crippen LogP contribution in [-0.4, -0.2) is 91.5 Å². The van der Waals surface area contributed by atoms with E-state index in [0.717, 1.165) is 0 Å². The summed E-state index contributed by atoms with van der Waals surface area (Å²) in [6, 6.07) is 2.22. The average Bonchev–Trinajstić information content (AvgIpc) is 3.59. The van der Waals surface area contributed by atoms with E-state index in [0.29, 0.717) is 36.3 Å². The molecule has 4 unspecified atom stereocenters. The van der Waals surface area contributed by atoms with Gasteiger partial charge in [-0.1, -0.05) is 12.1 Å². The Morgan fingerprint density at radius 1 is 1.16 bits per heavy atom. The first kappa shape index (κ1) is 29.0. The van der Waals surface area contributed by atoms with Gasteiger partial charge in [-0.15, -0.1) is 0 Å². The highest BCUT2D eigenvalue weighted by molar-refractivity contribution is 7.98. The standard InChI is InChI=1S/C25H34N6O6S/c1-38-10-8-18(26)22(33)29-19(12-16-13-27-14-28-16)23(34)30-20(11-15-4-6-17(32)7-5-15)24(35)31-9-2-3-21(31)25(36)37/h4-7,13-14,18-21,32H,2-3,8-12,26H2,1H3,(H,27,28)(H,29,33)(H,30,34)(H,36,37). The van der Waals surface area contributed by atoms with Gasteiger partial charge in [-0.25, -0.2) is 9.78 Å². The molecule has 13 heteroatoms. The number of phenols is 1. The summed E-state index contributed by atoms with van der Waals surface area (Å²) < 4.78 is 0. The van der Waals surface area contributed by atoms with Crippen molar-refractivity contribution in [2.24, 2.45) is 5.73 Å². The van der Waals surface area contributed by atoms with Crippen molar-refractivity contribution in [3.63, 3.8) is 0 Å². The summed E-state index contributed by atoms with van der Waals surface area (Å²) in [6.45, 7) is 0.260. The summed E-state index contributed by atoms with van der Waals surface area (Å²) in [7, 11) is 0. The maximum Gasteiger partial charge on any atom is 0.326 e. The van der Waals surface area contributed by atoms with Gasteiger partial charge in [-0.2, -0.15) is 11.8 Å². The molecule has 38 heavy (non-hydrogen) atoms. The minimum Gasteiger partial charge on any atom is -0.508 e. The Labute approximate surface area is 224 Å². The lowest BCUT2D eigenvalue weighted by atomic mass is 10.0. The van der Waals surface area contributed by atoms with Crippen LogP contribution < -0.4 is 16.4 Å². The number of amides is 3. The highest BCUT2D eigenvalue weighted by atomic mass is 32.2. The highest BCUT2D eigenvalue weighted by Gasteiger charge is 2.38. The quantitative estimate of drug-likeness (QED) is 0.201. The smallest absolute Gasteiger partial charge is 0.326 e. The normalized spacial score (nSPS) is 17.4. The topological polar surface area (TPSA) is 191 Å². The Kier molecular flexibility index (Phi) is 10.5. The minimum absolute atomic E-state index is 0.0475. The first-order valence-corrected chi connectivity index (χ1v) is 13.7. The van der Waals surface area contributed by atoms with E-state index in [9.17, 15) is 29.4 Å². The van der Waals surface area contributed by atoms with E-state index in [1.165, 1.54) is 29.6 Å². The summed E-state index contributed by atoms with van der Waals surface area (Å²) in [5, 5.41) is 24.6. The Hall–Kier alpha value is -3.58. The first-order chi connectivity index (χ1) is 18.2. The van der Waals surface area contributed by atoms with Crippen LogP contribution in [0.15, 0.2) is 36.8 Å². The SMILES string of the molecule is CSCCC(N)C(=O)NC(Cc1cnc[nH]1)C(=O)NC(Cc1ccc(O)cc1)C(=O)N1CCCC1C(=O)O. The van der Waals surface area contributed by atoms with E-state index in [4.69, 9.17) is 5.73 Å². The Morgan fingerprint density at radius 2 is 1.87 bits per heavy atom. The van der Waals surface area contributed by atoms with Gasteiger partial charge in [0.1, 0.15) is 23.9 Å². The lowest BCUT2D eigenvalue weighted by molar-refractivity contribution is -0.149. The van der Waals surface area contributed by atoms with Crippen molar-refractivity contribution in [2.45, 2.75) is 56.3 Å². The second kappa shape index (κ2) is 13.8. The Bertz CT molecular complexity index is 1100. The number of H-pyrrole nitrogens is 1. The van der Waals surface area contributed by atoms with Crippen LogP contribution in [0.4, 0.5) is 0 Å². The number of aromatic hydroxyl groups is 1. The van der Waals surface area contributed by atoms with E-state index in [2.05, 4.69) is 20.6 Å². The minimum atomic E-state index is -1.10. The van der Waals surface area contributed by atoms with Crippen molar-refractivity contribution >= 4 is 35.5 Å². The number of imidazole rings is 1. The number of nitrogens with one attached hydrogen (secondary N) is 3. The van der Waals surface area contributed by atoms with Gasteiger partial charge in [-0.3, -0.25) is 14.4 Å². The van der Waals surface area contributed by atoms with Crippen molar-refractivity contribution in [3.8, 4) is 5.75 Å². The summed E-state index contributed by atoms with van der Waals surface area (Å²) in [5.74, 6) is -2.02. The van der Waals surface area contributed by atoms with Crippen molar-refractivity contribution in [1.29, 1.82) is 0 Å². The van der Waals surface area contributed by atoms with E-state index < -0.39 is 47.9 Å². The molecule has 0 bridgehead atoms. The number of likely N-dealkylation sites (tertiary alicyclic amines) is 1. The predicted molar refractivity (Wildman–Crippen MR) is 141 cm³/mol. The molecule has 4 atom stereocenters. The molecule has 12 nitrogen and oxygen atoms in total. The van der Waals surface area contributed by atoms with E-state index in [1.807, 2.05) is 6.26 Å². The molecule has 0 radical (unpaired) electrons. The van der Waals surface area contributed by atoms with Gasteiger partial charge in [0.2, 0.25) is 17.7 Å². The molecule has 1 fully saturated rings. The summed E-state index contributed by atoms with van der Waals surface area (Å²) in [4.78, 5) is 59.6. The van der Waals surface area contributed by atoms with Crippen LogP contribution in [0, 0.1) is 0 Å². The first-order valence-electron chi connectivity index (χ1n) is 12.3. The third-order valence-electron chi connectivity index (χ3n) is 6.39. The fraction of sp³-hybridized carbons (Fsp3) is 0.480. The molecule has 1 saturated heterocycles. The van der Waals surface area contributed by atoms with Crippen molar-refractivity contribution in [2.75, 3.05) is 18.6 Å². The lowest BCUT2D eigenvalue weighted by Gasteiger charge is -2.29. The van der Waals surface area contributed by atoms with E-state index in [-0.39, 0.29) is 25.1 Å². The molecule has 1 aliphatic heterocycles. The Balaban J connectivity index is 1.83. The van der Waals surface area contributed by atoms with Gasteiger partial charge in [0.25, 0.3) is 0 Å². The third kappa shape index (κ3) is 7.96. The summed E-state index contributed by atoms with van der Waals surface area (Å²) >= 11 is 1.55. The van der Waals surface area contributed by atoms with Crippen molar-refractivity contribution in [3.05, 3.63) is 48.0 Å². The molecule has 0 spiro atoms. The lowest BCUT2D eigenvalue weighted by Crippen LogP contribution is -2.58. The zero-order valence-electron chi connectivity index (χ0n) is 21.1. The zero-order valence-corrected chi connectivity index (χ0v) is 21.9. The molecule has 1 aliphatic rings. The number of carboxylic acid groups (broad SMARTS) is 1. The number of aliphatic carboxylic acids is 1. The van der Waals surface area contributed by atoms with Crippen LogP contribution >= 0.6 is 11.8 Å². The van der Waals surface area contributed by atoms with Crippen LogP contribution in [0.5, 0.6) is 5.75 Å². The molecule has 0 aliphatic carbocycles. The van der Waals surface area contributed by atoms with E-state index >= 15 is 0 Å². The maximum atomic E-state index is 13.5. The third-order valence-corrected chi connectivity index (χ3v) is 7.04. The molecular weight excluding hydrogens is 512 g/mol. The van der Waals surface area contributed by atoms with Gasteiger partial charge in [-0.05, 0) is 49.0 Å². The van der Waals surface area contributed by atoms with Crippen LogP contribution in [0.1, 0.15) is 30.5 Å². The summed E-state index contributed by atoms with van der Waals surface area (Å²) in [5.41, 5.74) is 7.25. The van der Waals surface area contributed by atoms with Crippen LogP contribution in [0.2, 0.25) is 0 Å². The number of carboxylic acids is 1. The van der Waals surface area contributed by atoms with Crippen LogP contribution in [0.3, 0.4) is 0 Å². The van der Waals surface area contributed by atoms with Gasteiger partial charge >= 0.3 is 5.97 Å². The number of nitrogens with zero attached hydrogens (tertiary/aromatic N) is 2. The maximum absolute atomic E-state index is 13.5. The molecule has 206 valence electrons. The number of hydrogen-bond donors (Lipinski definition) is 6. The number of hydrogen-bond acceptors (Lipinski definition) is 8. The number of aromatic nitrogens is 2. The fourth-order valence-corrected chi connectivity index (χ4v) is 4.80. The van der Waals surface area contributed by atoms with Gasteiger partial charge < -0.3 is 36.5 Å². The molecule has 7 N–H and O–H groups in total. The number of thioether (sulfide) groups is 1. The number of carbonyl (C=O) groups excluding carboxylic acids is 3. The van der Waals surface area contributed by atoms with Gasteiger partial charge in [0.15, 0.2) is 0 Å². The number of nitrogens with two attached hydrogens (primary N) is 1. The number of benzene rings is 1. The van der Waals surface area contributed by atoms with Crippen molar-refractivity contribution < 1.29 is 29.4 Å². The van der Waals surface area contributed by atoms with Gasteiger partial charge in [0, 0.05) is 31.3 Å². The molecule has 2 heterocycles. The number of phenolic OH excluding ortho intramolecular Hbond substituents is 1. The average molecular weight is 547 g/mol. The van der Waals surface area contributed by atoms with Crippen LogP contribution in [0.25, 0.3) is 0 Å². The fourth-order valence-electron chi connectivity index (χ4n) is 4.31. The molecule has 3 amide bonds. The molecule has 1 aromatic carbocycles. The largest absolute Gasteiger partial charge is 0.508 e. The highest BCUT2D eigenvalue weighted by Crippen LogP contribution is 2.20. The second-order valence-electron chi connectivity index (χ2n) is 9.19. The number of carbonyl (C=O) groups is 4. The van der Waals surface area contributed by atoms with Gasteiger partial charge in [0.05, 0.1) is 12.4 Å². The second-order valence-corrected chi connectivity index (χ2v) is 10.2. The predicted octanol–water partition coefficient (Wildman–Crippen LogP) is 0.0261. The van der Waals surface area contributed by atoms with Crippen molar-refractivity contribution in [1.82, 2.24) is 25.5 Å². The Morgan fingerprint density at radius 3 is 2.50 bits per heavy atom. The van der Waals surface area contributed by atoms with Crippen LogP contribution in [-0.2, 0) is 32.0 Å². The monoisotopic (exact) mass is 546 g/mol. The number of rotatable bonds is 13. The molecule has 2 aromatic rings. The molecule has 1 aromatic heterocycles. The number of aromatic amines is 1. The molecular formula is C25H34N6O6S.